The van der Waals surface area contributed by atoms with E-state index in [4.69, 9.17) is 5.73 Å². The Kier molecular flexibility index (Phi) is 6.61. The van der Waals surface area contributed by atoms with Crippen LogP contribution in [0.25, 0.3) is 0 Å². The Hall–Kier alpha value is -0.280. The SMILES string of the molecule is CC(C)CC(CN)NC(=O)CC1CC2CCC1C2.Cl. The zero-order valence-electron chi connectivity index (χ0n) is 12.2. The monoisotopic (exact) mass is 288 g/mol. The molecule has 0 aromatic carbocycles. The number of nitrogens with one attached hydrogen (secondary N) is 1. The first-order chi connectivity index (χ1) is 8.58. The molecule has 3 nitrogen and oxygen atoms in total. The van der Waals surface area contributed by atoms with Crippen LogP contribution in [0.1, 0.15) is 52.4 Å². The molecule has 0 aromatic rings. The van der Waals surface area contributed by atoms with Gasteiger partial charge in [0.1, 0.15) is 0 Å². The summed E-state index contributed by atoms with van der Waals surface area (Å²) in [5.74, 6) is 3.22. The Morgan fingerprint density at radius 1 is 1.32 bits per heavy atom. The maximum Gasteiger partial charge on any atom is 0.220 e. The fraction of sp³-hybridized carbons (Fsp3) is 0.933. The molecule has 4 heteroatoms. The Morgan fingerprint density at radius 2 is 2.05 bits per heavy atom. The highest BCUT2D eigenvalue weighted by molar-refractivity contribution is 5.85. The van der Waals surface area contributed by atoms with Crippen LogP contribution < -0.4 is 11.1 Å². The lowest BCUT2D eigenvalue weighted by atomic mass is 9.86. The maximum absolute atomic E-state index is 12.1. The summed E-state index contributed by atoms with van der Waals surface area (Å²) in [6, 6.07) is 0.163. The molecule has 19 heavy (non-hydrogen) atoms. The van der Waals surface area contributed by atoms with E-state index in [-0.39, 0.29) is 24.4 Å². The number of hydrogen-bond acceptors (Lipinski definition) is 2. The first-order valence-corrected chi connectivity index (χ1v) is 7.58. The lowest BCUT2D eigenvalue weighted by molar-refractivity contribution is -0.123. The smallest absolute Gasteiger partial charge is 0.220 e. The van der Waals surface area contributed by atoms with Crippen molar-refractivity contribution in [2.45, 2.75) is 58.4 Å². The zero-order valence-corrected chi connectivity index (χ0v) is 13.0. The summed E-state index contributed by atoms with van der Waals surface area (Å²) in [6.07, 6.45) is 7.14. The molecule has 0 radical (unpaired) electrons. The number of rotatable bonds is 6. The number of hydrogen-bond donors (Lipinski definition) is 2. The van der Waals surface area contributed by atoms with E-state index in [2.05, 4.69) is 19.2 Å². The summed E-state index contributed by atoms with van der Waals surface area (Å²) < 4.78 is 0. The van der Waals surface area contributed by atoms with Crippen LogP contribution in [0.15, 0.2) is 0 Å². The Labute approximate surface area is 123 Å². The van der Waals surface area contributed by atoms with Crippen molar-refractivity contribution in [2.75, 3.05) is 6.54 Å². The molecule has 2 bridgehead atoms. The second-order valence-electron chi connectivity index (χ2n) is 6.77. The normalized spacial score (nSPS) is 30.2. The summed E-state index contributed by atoms with van der Waals surface area (Å²) in [5.41, 5.74) is 5.72. The minimum absolute atomic E-state index is 0. The van der Waals surface area contributed by atoms with Crippen molar-refractivity contribution in [3.8, 4) is 0 Å². The van der Waals surface area contributed by atoms with Gasteiger partial charge in [0.25, 0.3) is 0 Å². The van der Waals surface area contributed by atoms with E-state index in [9.17, 15) is 4.79 Å². The molecule has 0 spiro atoms. The van der Waals surface area contributed by atoms with Crippen LogP contribution in [0.2, 0.25) is 0 Å². The Bertz CT molecular complexity index is 296. The molecular weight excluding hydrogens is 260 g/mol. The zero-order chi connectivity index (χ0) is 13.1. The third-order valence-corrected chi connectivity index (χ3v) is 4.74. The van der Waals surface area contributed by atoms with Gasteiger partial charge >= 0.3 is 0 Å². The first-order valence-electron chi connectivity index (χ1n) is 7.58. The van der Waals surface area contributed by atoms with Crippen molar-refractivity contribution in [2.24, 2.45) is 29.4 Å². The summed E-state index contributed by atoms with van der Waals surface area (Å²) >= 11 is 0. The Morgan fingerprint density at radius 3 is 2.53 bits per heavy atom. The highest BCUT2D eigenvalue weighted by Gasteiger charge is 2.40. The van der Waals surface area contributed by atoms with Gasteiger partial charge in [-0.25, -0.2) is 0 Å². The van der Waals surface area contributed by atoms with Crippen molar-refractivity contribution in [3.63, 3.8) is 0 Å². The number of nitrogens with two attached hydrogens (primary N) is 1. The van der Waals surface area contributed by atoms with E-state index in [1.807, 2.05) is 0 Å². The van der Waals surface area contributed by atoms with E-state index in [0.29, 0.717) is 18.4 Å². The van der Waals surface area contributed by atoms with Gasteiger partial charge in [-0.15, -0.1) is 12.4 Å². The standard InChI is InChI=1S/C15H28N2O.ClH/c1-10(2)5-14(9-16)17-15(18)8-13-7-11-3-4-12(13)6-11;/h10-14H,3-9,16H2,1-2H3,(H,17,18);1H. The van der Waals surface area contributed by atoms with Crippen LogP contribution in [0, 0.1) is 23.7 Å². The number of halogens is 1. The van der Waals surface area contributed by atoms with Crippen LogP contribution >= 0.6 is 12.4 Å². The molecule has 0 heterocycles. The maximum atomic E-state index is 12.1. The van der Waals surface area contributed by atoms with Gasteiger partial charge in [0.05, 0.1) is 0 Å². The fourth-order valence-electron chi connectivity index (χ4n) is 3.93. The largest absolute Gasteiger partial charge is 0.352 e. The van der Waals surface area contributed by atoms with Gasteiger partial charge in [-0.3, -0.25) is 4.79 Å². The van der Waals surface area contributed by atoms with Crippen LogP contribution in [0.3, 0.4) is 0 Å². The van der Waals surface area contributed by atoms with Gasteiger partial charge in [-0.05, 0) is 49.4 Å². The average Bonchev–Trinajstić information content (AvgIpc) is 2.89. The van der Waals surface area contributed by atoms with Crippen LogP contribution in [-0.4, -0.2) is 18.5 Å². The van der Waals surface area contributed by atoms with Gasteiger partial charge in [0.2, 0.25) is 5.91 Å². The number of fused-ring (bicyclic) bond motifs is 2. The third-order valence-electron chi connectivity index (χ3n) is 4.74. The molecule has 0 aromatic heterocycles. The second kappa shape index (κ2) is 7.49. The third kappa shape index (κ3) is 4.64. The minimum atomic E-state index is 0. The molecule has 4 unspecified atom stereocenters. The molecule has 2 aliphatic rings. The number of carbonyl (C=O) groups excluding carboxylic acids is 1. The molecule has 112 valence electrons. The summed E-state index contributed by atoms with van der Waals surface area (Å²) in [7, 11) is 0. The van der Waals surface area contributed by atoms with Crippen molar-refractivity contribution in [1.82, 2.24) is 5.32 Å². The van der Waals surface area contributed by atoms with Crippen molar-refractivity contribution in [3.05, 3.63) is 0 Å². The van der Waals surface area contributed by atoms with Crippen molar-refractivity contribution >= 4 is 18.3 Å². The molecule has 2 fully saturated rings. The lowest BCUT2D eigenvalue weighted by Crippen LogP contribution is -2.41. The molecule has 0 saturated heterocycles. The molecular formula is C15H29ClN2O. The highest BCUT2D eigenvalue weighted by atomic mass is 35.5. The first kappa shape index (κ1) is 16.8. The summed E-state index contributed by atoms with van der Waals surface area (Å²) in [5, 5.41) is 3.12. The van der Waals surface area contributed by atoms with Crippen LogP contribution in [0.4, 0.5) is 0 Å². The van der Waals surface area contributed by atoms with E-state index in [0.717, 1.165) is 24.7 Å². The van der Waals surface area contributed by atoms with E-state index < -0.39 is 0 Å². The van der Waals surface area contributed by atoms with E-state index in [1.165, 1.54) is 25.7 Å². The van der Waals surface area contributed by atoms with Gasteiger partial charge < -0.3 is 11.1 Å². The summed E-state index contributed by atoms with van der Waals surface area (Å²) in [6.45, 7) is 4.90. The predicted octanol–water partition coefficient (Wildman–Crippen LogP) is 2.72. The van der Waals surface area contributed by atoms with Gasteiger partial charge in [0, 0.05) is 19.0 Å². The molecule has 3 N–H and O–H groups in total. The molecule has 2 rings (SSSR count). The van der Waals surface area contributed by atoms with Gasteiger partial charge in [-0.1, -0.05) is 20.3 Å². The topological polar surface area (TPSA) is 55.1 Å². The molecule has 2 saturated carbocycles. The van der Waals surface area contributed by atoms with Crippen LogP contribution in [-0.2, 0) is 4.79 Å². The quantitative estimate of drug-likeness (QED) is 0.789. The lowest BCUT2D eigenvalue weighted by Gasteiger charge is -2.23. The van der Waals surface area contributed by atoms with E-state index >= 15 is 0 Å². The van der Waals surface area contributed by atoms with Crippen molar-refractivity contribution in [1.29, 1.82) is 0 Å². The summed E-state index contributed by atoms with van der Waals surface area (Å²) in [4.78, 5) is 12.1. The average molecular weight is 289 g/mol. The molecule has 0 aliphatic heterocycles. The number of carbonyl (C=O) groups is 1. The predicted molar refractivity (Wildman–Crippen MR) is 81.2 cm³/mol. The minimum Gasteiger partial charge on any atom is -0.352 e. The molecule has 2 aliphatic carbocycles. The van der Waals surface area contributed by atoms with Gasteiger partial charge in [0.15, 0.2) is 0 Å². The van der Waals surface area contributed by atoms with Crippen molar-refractivity contribution < 1.29 is 4.79 Å². The van der Waals surface area contributed by atoms with Crippen LogP contribution in [0.5, 0.6) is 0 Å². The molecule has 4 atom stereocenters. The number of amides is 1. The second-order valence-corrected chi connectivity index (χ2v) is 6.77. The van der Waals surface area contributed by atoms with Gasteiger partial charge in [-0.2, -0.15) is 0 Å². The molecule has 1 amide bonds. The van der Waals surface area contributed by atoms with E-state index in [1.54, 1.807) is 0 Å². The highest BCUT2D eigenvalue weighted by Crippen LogP contribution is 2.49. The Balaban J connectivity index is 0.00000180. The fourth-order valence-corrected chi connectivity index (χ4v) is 3.93.